The highest BCUT2D eigenvalue weighted by Gasteiger charge is 2.22. The van der Waals surface area contributed by atoms with Gasteiger partial charge in [-0.25, -0.2) is 0 Å². The summed E-state index contributed by atoms with van der Waals surface area (Å²) >= 11 is 3.33. The molecule has 2 N–H and O–H groups in total. The van der Waals surface area contributed by atoms with Crippen LogP contribution in [0.25, 0.3) is 0 Å². The number of piperidine rings is 1. The molecule has 0 bridgehead atoms. The molecule has 1 rings (SSSR count). The second-order valence-corrected chi connectivity index (χ2v) is 5.85. The fourth-order valence-corrected chi connectivity index (χ4v) is 2.36. The fraction of sp³-hybridized carbons (Fsp3) is 0.692. The van der Waals surface area contributed by atoms with Gasteiger partial charge < -0.3 is 15.5 Å². The number of guanidine groups is 1. The van der Waals surface area contributed by atoms with Gasteiger partial charge in [0.05, 0.1) is 0 Å². The number of carbonyl (C=O) groups is 1. The quantitative estimate of drug-likeness (QED) is 0.384. The van der Waals surface area contributed by atoms with Crippen molar-refractivity contribution in [3.63, 3.8) is 0 Å². The van der Waals surface area contributed by atoms with Gasteiger partial charge in [-0.05, 0) is 18.8 Å². The Bertz CT molecular complexity index is 354. The lowest BCUT2D eigenvalue weighted by Gasteiger charge is -2.34. The minimum absolute atomic E-state index is 0. The van der Waals surface area contributed by atoms with Crippen LogP contribution in [-0.4, -0.2) is 50.5 Å². The highest BCUT2D eigenvalue weighted by molar-refractivity contribution is 14.0. The molecule has 0 saturated carbocycles. The van der Waals surface area contributed by atoms with Crippen LogP contribution < -0.4 is 10.6 Å². The van der Waals surface area contributed by atoms with Crippen LogP contribution in [0.3, 0.4) is 0 Å². The Kier molecular flexibility index (Phi) is 10.3. The molecule has 0 spiro atoms. The molecule has 1 saturated heterocycles. The smallest absolute Gasteiger partial charge is 0.220 e. The monoisotopic (exact) mass is 458 g/mol. The molecule has 5 nitrogen and oxygen atoms in total. The topological polar surface area (TPSA) is 56.7 Å². The normalized spacial score (nSPS) is 16.4. The number of hydrogen-bond acceptors (Lipinski definition) is 2. The number of carbonyl (C=O) groups excluding carboxylic acids is 1. The molecule has 1 amide bonds. The lowest BCUT2D eigenvalue weighted by Crippen LogP contribution is -2.46. The fourth-order valence-electron chi connectivity index (χ4n) is 2.22. The molecule has 20 heavy (non-hydrogen) atoms. The van der Waals surface area contributed by atoms with Crippen molar-refractivity contribution in [3.8, 4) is 0 Å². The van der Waals surface area contributed by atoms with Crippen molar-refractivity contribution in [1.29, 1.82) is 0 Å². The van der Waals surface area contributed by atoms with Crippen LogP contribution in [0.4, 0.5) is 0 Å². The molecule has 1 aliphatic rings. The van der Waals surface area contributed by atoms with Crippen molar-refractivity contribution >= 4 is 51.8 Å². The van der Waals surface area contributed by atoms with Crippen molar-refractivity contribution < 1.29 is 4.79 Å². The van der Waals surface area contributed by atoms with Gasteiger partial charge in [0.25, 0.3) is 0 Å². The zero-order valence-corrected chi connectivity index (χ0v) is 16.0. The number of halogens is 2. The molecule has 116 valence electrons. The number of amides is 1. The first-order valence-electron chi connectivity index (χ1n) is 6.56. The van der Waals surface area contributed by atoms with Gasteiger partial charge in [-0.1, -0.05) is 22.5 Å². The zero-order chi connectivity index (χ0) is 14.3. The first-order chi connectivity index (χ1) is 9.06. The van der Waals surface area contributed by atoms with E-state index in [1.807, 2.05) is 0 Å². The van der Waals surface area contributed by atoms with Crippen LogP contribution in [0, 0.1) is 5.92 Å². The van der Waals surface area contributed by atoms with Crippen LogP contribution in [-0.2, 0) is 4.79 Å². The van der Waals surface area contributed by atoms with Gasteiger partial charge in [-0.3, -0.25) is 9.79 Å². The van der Waals surface area contributed by atoms with Crippen LogP contribution in [0.15, 0.2) is 16.1 Å². The molecule has 0 unspecified atom stereocenters. The van der Waals surface area contributed by atoms with Crippen LogP contribution in [0.2, 0.25) is 0 Å². The maximum Gasteiger partial charge on any atom is 0.220 e. The SMILES string of the molecule is C=C(Br)CNC(=NC)N1CCC(CC(=O)NC)CC1.I. The first kappa shape index (κ1) is 19.7. The van der Waals surface area contributed by atoms with Gasteiger partial charge in [0, 0.05) is 44.6 Å². The van der Waals surface area contributed by atoms with Crippen LogP contribution in [0.5, 0.6) is 0 Å². The van der Waals surface area contributed by atoms with E-state index in [1.165, 1.54) is 0 Å². The van der Waals surface area contributed by atoms with Gasteiger partial charge >= 0.3 is 0 Å². The molecule has 0 aliphatic carbocycles. The number of hydrogen-bond donors (Lipinski definition) is 2. The van der Waals surface area contributed by atoms with E-state index in [9.17, 15) is 4.79 Å². The lowest BCUT2D eigenvalue weighted by molar-refractivity contribution is -0.121. The van der Waals surface area contributed by atoms with E-state index in [-0.39, 0.29) is 29.9 Å². The number of likely N-dealkylation sites (tertiary alicyclic amines) is 1. The summed E-state index contributed by atoms with van der Waals surface area (Å²) in [5.74, 6) is 1.52. The average Bonchev–Trinajstić information content (AvgIpc) is 2.40. The van der Waals surface area contributed by atoms with E-state index in [4.69, 9.17) is 0 Å². The summed E-state index contributed by atoms with van der Waals surface area (Å²) in [4.78, 5) is 17.9. The van der Waals surface area contributed by atoms with E-state index in [0.717, 1.165) is 36.4 Å². The highest BCUT2D eigenvalue weighted by Crippen LogP contribution is 2.20. The lowest BCUT2D eigenvalue weighted by atomic mass is 9.93. The summed E-state index contributed by atoms with van der Waals surface area (Å²) < 4.78 is 0.906. The third-order valence-electron chi connectivity index (χ3n) is 3.32. The predicted octanol–water partition coefficient (Wildman–Crippen LogP) is 1.94. The Morgan fingerprint density at radius 1 is 1.45 bits per heavy atom. The van der Waals surface area contributed by atoms with Crippen LogP contribution >= 0.6 is 39.9 Å². The van der Waals surface area contributed by atoms with E-state index in [2.05, 4.69) is 43.0 Å². The van der Waals surface area contributed by atoms with Gasteiger partial charge in [-0.15, -0.1) is 24.0 Å². The van der Waals surface area contributed by atoms with Crippen molar-refractivity contribution in [2.75, 3.05) is 33.7 Å². The third-order valence-corrected chi connectivity index (χ3v) is 3.60. The van der Waals surface area contributed by atoms with Gasteiger partial charge in [0.1, 0.15) is 0 Å². The van der Waals surface area contributed by atoms with Gasteiger partial charge in [0.15, 0.2) is 5.96 Å². The molecule has 0 aromatic rings. The summed E-state index contributed by atoms with van der Waals surface area (Å²) in [6, 6.07) is 0. The van der Waals surface area contributed by atoms with Gasteiger partial charge in [0.2, 0.25) is 5.91 Å². The molecule has 7 heteroatoms. The molecular formula is C13H24BrIN4O. The molecule has 0 atom stereocenters. The average molecular weight is 459 g/mol. The maximum absolute atomic E-state index is 11.4. The summed E-state index contributed by atoms with van der Waals surface area (Å²) in [5, 5.41) is 5.94. The van der Waals surface area contributed by atoms with Crippen LogP contribution in [0.1, 0.15) is 19.3 Å². The Morgan fingerprint density at radius 2 is 2.05 bits per heavy atom. The Hall–Kier alpha value is -0.310. The van der Waals surface area contributed by atoms with Gasteiger partial charge in [-0.2, -0.15) is 0 Å². The van der Waals surface area contributed by atoms with E-state index in [1.54, 1.807) is 14.1 Å². The predicted molar refractivity (Wildman–Crippen MR) is 97.8 cm³/mol. The molecule has 1 fully saturated rings. The minimum atomic E-state index is 0. The second kappa shape index (κ2) is 10.4. The highest BCUT2D eigenvalue weighted by atomic mass is 127. The standard InChI is InChI=1S/C13H23BrN4O.HI/c1-10(14)9-17-13(16-3)18-6-4-11(5-7-18)8-12(19)15-2;/h11H,1,4-9H2,2-3H3,(H,15,19)(H,16,17);1H. The Labute approximate surface area is 146 Å². The molecule has 0 aromatic heterocycles. The van der Waals surface area contributed by atoms with Crippen molar-refractivity contribution in [1.82, 2.24) is 15.5 Å². The minimum Gasteiger partial charge on any atom is -0.359 e. The summed E-state index contributed by atoms with van der Waals surface area (Å²) in [5.41, 5.74) is 0. The molecular weight excluding hydrogens is 435 g/mol. The largest absolute Gasteiger partial charge is 0.359 e. The van der Waals surface area contributed by atoms with E-state index >= 15 is 0 Å². The number of nitrogens with zero attached hydrogens (tertiary/aromatic N) is 2. The van der Waals surface area contributed by atoms with E-state index < -0.39 is 0 Å². The Morgan fingerprint density at radius 3 is 2.50 bits per heavy atom. The van der Waals surface area contributed by atoms with Crippen molar-refractivity contribution in [2.24, 2.45) is 10.9 Å². The number of rotatable bonds is 4. The molecule has 1 heterocycles. The molecule has 0 radical (unpaired) electrons. The third kappa shape index (κ3) is 6.92. The summed E-state index contributed by atoms with van der Waals surface area (Å²) in [6.07, 6.45) is 2.70. The number of nitrogens with one attached hydrogen (secondary N) is 2. The summed E-state index contributed by atoms with van der Waals surface area (Å²) in [7, 11) is 3.48. The molecule has 0 aromatic carbocycles. The maximum atomic E-state index is 11.4. The Balaban J connectivity index is 0.00000361. The van der Waals surface area contributed by atoms with Crippen molar-refractivity contribution in [3.05, 3.63) is 11.1 Å². The number of aliphatic imine (C=N–C) groups is 1. The summed E-state index contributed by atoms with van der Waals surface area (Å²) in [6.45, 7) is 6.35. The zero-order valence-electron chi connectivity index (χ0n) is 12.1. The first-order valence-corrected chi connectivity index (χ1v) is 7.35. The van der Waals surface area contributed by atoms with E-state index in [0.29, 0.717) is 18.9 Å². The van der Waals surface area contributed by atoms with Crippen molar-refractivity contribution in [2.45, 2.75) is 19.3 Å². The molecule has 1 aliphatic heterocycles. The second-order valence-electron chi connectivity index (χ2n) is 4.73.